The number of allylic oxidation sites excluding steroid dienone is 1. The minimum absolute atomic E-state index is 0.209. The first-order chi connectivity index (χ1) is 8.45. The fourth-order valence-corrected chi connectivity index (χ4v) is 1.15. The number of hydrogen-bond donors (Lipinski definition) is 2. The third kappa shape index (κ3) is 3.19. The van der Waals surface area contributed by atoms with Crippen LogP contribution in [0.5, 0.6) is 0 Å². The lowest BCUT2D eigenvalue weighted by molar-refractivity contribution is -0.112. The van der Waals surface area contributed by atoms with Crippen LogP contribution in [0.15, 0.2) is 47.7 Å². The van der Waals surface area contributed by atoms with Gasteiger partial charge in [0.05, 0.1) is 0 Å². The van der Waals surface area contributed by atoms with E-state index in [9.17, 15) is 14.3 Å². The van der Waals surface area contributed by atoms with Crippen LogP contribution in [0.2, 0.25) is 0 Å². The van der Waals surface area contributed by atoms with Crippen LogP contribution in [0.3, 0.4) is 0 Å². The lowest BCUT2D eigenvalue weighted by Crippen LogP contribution is -2.15. The summed E-state index contributed by atoms with van der Waals surface area (Å²) in [6.07, 6.45) is 0. The van der Waals surface area contributed by atoms with E-state index in [1.54, 1.807) is 6.07 Å². The predicted molar refractivity (Wildman–Crippen MR) is 65.1 cm³/mol. The number of aliphatic hydroxyl groups excluding tert-OH is 1. The maximum atomic E-state index is 12.7. The fourth-order valence-electron chi connectivity index (χ4n) is 1.15. The molecule has 0 atom stereocenters. The molecule has 0 aliphatic carbocycles. The van der Waals surface area contributed by atoms with E-state index in [1.165, 1.54) is 31.2 Å². The van der Waals surface area contributed by atoms with E-state index in [-0.39, 0.29) is 5.57 Å². The maximum Gasteiger partial charge on any atom is 0.270 e. The number of aliphatic hydroxyl groups is 1. The quantitative estimate of drug-likeness (QED) is 0.372. The van der Waals surface area contributed by atoms with E-state index >= 15 is 0 Å². The van der Waals surface area contributed by atoms with E-state index in [2.05, 4.69) is 11.9 Å². The molecule has 0 unspecified atom stereocenters. The van der Waals surface area contributed by atoms with Crippen molar-refractivity contribution in [2.45, 2.75) is 6.92 Å². The first-order valence-electron chi connectivity index (χ1n) is 5.02. The van der Waals surface area contributed by atoms with Gasteiger partial charge in [-0.2, -0.15) is 5.26 Å². The molecule has 0 spiro atoms. The topological polar surface area (TPSA) is 73.1 Å². The zero-order chi connectivity index (χ0) is 13.7. The summed E-state index contributed by atoms with van der Waals surface area (Å²) in [4.78, 5) is 11.7. The van der Waals surface area contributed by atoms with E-state index in [1.807, 2.05) is 0 Å². The Morgan fingerprint density at radius 1 is 1.44 bits per heavy atom. The number of amides is 1. The molecule has 0 fully saturated rings. The molecule has 0 radical (unpaired) electrons. The molecule has 0 saturated heterocycles. The number of rotatable bonds is 3. The van der Waals surface area contributed by atoms with Crippen LogP contribution in [-0.4, -0.2) is 11.0 Å². The Hall–Kier alpha value is -2.61. The van der Waals surface area contributed by atoms with Gasteiger partial charge in [-0.3, -0.25) is 4.79 Å². The third-order valence-corrected chi connectivity index (χ3v) is 2.08. The SMILES string of the molecule is C=C(C)C(O)=C(C#N)C(=O)Nc1ccc(F)cc1. The number of carbonyl (C=O) groups is 1. The summed E-state index contributed by atoms with van der Waals surface area (Å²) in [7, 11) is 0. The van der Waals surface area contributed by atoms with Crippen molar-refractivity contribution >= 4 is 11.6 Å². The molecule has 4 nitrogen and oxygen atoms in total. The van der Waals surface area contributed by atoms with Gasteiger partial charge in [-0.15, -0.1) is 0 Å². The molecule has 18 heavy (non-hydrogen) atoms. The summed E-state index contributed by atoms with van der Waals surface area (Å²) >= 11 is 0. The second-order valence-corrected chi connectivity index (χ2v) is 3.58. The molecule has 0 heterocycles. The first kappa shape index (κ1) is 13.5. The van der Waals surface area contributed by atoms with Crippen LogP contribution in [0, 0.1) is 17.1 Å². The molecule has 0 aromatic heterocycles. The molecule has 1 aromatic carbocycles. The number of carbonyl (C=O) groups excluding carboxylic acids is 1. The summed E-state index contributed by atoms with van der Waals surface area (Å²) in [5.41, 5.74) is 0.0938. The van der Waals surface area contributed by atoms with Crippen molar-refractivity contribution in [2.75, 3.05) is 5.32 Å². The van der Waals surface area contributed by atoms with Gasteiger partial charge in [-0.1, -0.05) is 6.58 Å². The van der Waals surface area contributed by atoms with Crippen LogP contribution in [-0.2, 0) is 4.79 Å². The lowest BCUT2D eigenvalue weighted by atomic mass is 10.1. The Morgan fingerprint density at radius 3 is 2.44 bits per heavy atom. The minimum atomic E-state index is -0.774. The maximum absolute atomic E-state index is 12.7. The highest BCUT2D eigenvalue weighted by atomic mass is 19.1. The van der Waals surface area contributed by atoms with Gasteiger partial charge >= 0.3 is 0 Å². The Labute approximate surface area is 104 Å². The Kier molecular flexibility index (Phi) is 4.22. The number of benzene rings is 1. The average molecular weight is 246 g/mol. The molecular weight excluding hydrogens is 235 g/mol. The minimum Gasteiger partial charge on any atom is -0.506 e. The second-order valence-electron chi connectivity index (χ2n) is 3.58. The van der Waals surface area contributed by atoms with Gasteiger partial charge in [0.25, 0.3) is 5.91 Å². The highest BCUT2D eigenvalue weighted by Crippen LogP contribution is 2.13. The van der Waals surface area contributed by atoms with E-state index in [4.69, 9.17) is 5.26 Å². The summed E-state index contributed by atoms with van der Waals surface area (Å²) in [5, 5.41) is 20.7. The van der Waals surface area contributed by atoms with Gasteiger partial charge in [0.15, 0.2) is 5.57 Å². The second kappa shape index (κ2) is 5.64. The summed E-state index contributed by atoms with van der Waals surface area (Å²) in [6, 6.07) is 6.63. The van der Waals surface area contributed by atoms with Crippen molar-refractivity contribution < 1.29 is 14.3 Å². The number of nitrogens with one attached hydrogen (secondary N) is 1. The molecule has 92 valence electrons. The van der Waals surface area contributed by atoms with Crippen LogP contribution in [0.1, 0.15) is 6.92 Å². The summed E-state index contributed by atoms with van der Waals surface area (Å²) in [5.74, 6) is -1.67. The standard InChI is InChI=1S/C13H11FN2O2/c1-8(2)12(17)11(7-15)13(18)16-10-5-3-9(14)4-6-10/h3-6,17H,1H2,2H3,(H,16,18). The third-order valence-electron chi connectivity index (χ3n) is 2.08. The van der Waals surface area contributed by atoms with Gasteiger partial charge < -0.3 is 10.4 Å². The molecule has 0 saturated carbocycles. The number of halogens is 1. The smallest absolute Gasteiger partial charge is 0.270 e. The number of anilines is 1. The average Bonchev–Trinajstić information content (AvgIpc) is 2.32. The van der Waals surface area contributed by atoms with Crippen LogP contribution >= 0.6 is 0 Å². The van der Waals surface area contributed by atoms with E-state index in [0.29, 0.717) is 5.69 Å². The monoisotopic (exact) mass is 246 g/mol. The zero-order valence-corrected chi connectivity index (χ0v) is 9.70. The van der Waals surface area contributed by atoms with Gasteiger partial charge in [-0.05, 0) is 36.8 Å². The number of nitrogens with zero attached hydrogens (tertiary/aromatic N) is 1. The fraction of sp³-hybridized carbons (Fsp3) is 0.0769. The lowest BCUT2D eigenvalue weighted by Gasteiger charge is -2.06. The molecule has 0 bridgehead atoms. The van der Waals surface area contributed by atoms with Crippen molar-refractivity contribution in [1.29, 1.82) is 5.26 Å². The van der Waals surface area contributed by atoms with Crippen molar-refractivity contribution in [3.63, 3.8) is 0 Å². The van der Waals surface area contributed by atoms with Crippen molar-refractivity contribution in [3.8, 4) is 6.07 Å². The molecule has 1 amide bonds. The first-order valence-corrected chi connectivity index (χ1v) is 5.02. The largest absolute Gasteiger partial charge is 0.506 e. The van der Waals surface area contributed by atoms with Gasteiger partial charge in [0, 0.05) is 5.69 Å². The van der Waals surface area contributed by atoms with Crippen LogP contribution in [0.25, 0.3) is 0 Å². The molecule has 1 rings (SSSR count). The molecule has 5 heteroatoms. The zero-order valence-electron chi connectivity index (χ0n) is 9.70. The molecule has 1 aromatic rings. The van der Waals surface area contributed by atoms with Crippen molar-refractivity contribution in [2.24, 2.45) is 0 Å². The van der Waals surface area contributed by atoms with Crippen LogP contribution < -0.4 is 5.32 Å². The molecule has 0 aliphatic rings. The Bertz CT molecular complexity index is 553. The Morgan fingerprint density at radius 2 is 2.00 bits per heavy atom. The number of nitriles is 1. The Balaban J connectivity index is 2.95. The van der Waals surface area contributed by atoms with Gasteiger partial charge in [0.1, 0.15) is 17.6 Å². The summed E-state index contributed by atoms with van der Waals surface area (Å²) < 4.78 is 12.7. The summed E-state index contributed by atoms with van der Waals surface area (Å²) in [6.45, 7) is 4.91. The normalized spacial score (nSPS) is 11.2. The van der Waals surface area contributed by atoms with E-state index < -0.39 is 23.1 Å². The highest BCUT2D eigenvalue weighted by Gasteiger charge is 2.15. The van der Waals surface area contributed by atoms with Crippen LogP contribution in [0.4, 0.5) is 10.1 Å². The number of hydrogen-bond acceptors (Lipinski definition) is 3. The van der Waals surface area contributed by atoms with Crippen molar-refractivity contribution in [1.82, 2.24) is 0 Å². The molecular formula is C13H11FN2O2. The van der Waals surface area contributed by atoms with Gasteiger partial charge in [0.2, 0.25) is 0 Å². The van der Waals surface area contributed by atoms with E-state index in [0.717, 1.165) is 0 Å². The predicted octanol–water partition coefficient (Wildman–Crippen LogP) is 2.68. The van der Waals surface area contributed by atoms with Crippen molar-refractivity contribution in [3.05, 3.63) is 53.6 Å². The molecule has 2 N–H and O–H groups in total. The van der Waals surface area contributed by atoms with Gasteiger partial charge in [-0.25, -0.2) is 4.39 Å². The highest BCUT2D eigenvalue weighted by molar-refractivity contribution is 6.07. The molecule has 0 aliphatic heterocycles.